The van der Waals surface area contributed by atoms with E-state index in [2.05, 4.69) is 15.3 Å². The Morgan fingerprint density at radius 2 is 1.81 bits per heavy atom. The first kappa shape index (κ1) is 16.5. The minimum atomic E-state index is -0.0518. The van der Waals surface area contributed by atoms with Crippen molar-refractivity contribution in [3.63, 3.8) is 0 Å². The third-order valence-corrected chi connectivity index (χ3v) is 4.87. The van der Waals surface area contributed by atoms with Crippen molar-refractivity contribution in [3.8, 4) is 5.75 Å². The second-order valence-corrected chi connectivity index (χ2v) is 6.66. The molecule has 0 saturated heterocycles. The zero-order valence-corrected chi connectivity index (χ0v) is 14.5. The number of amides is 1. The number of hydrogen-bond donors (Lipinski definition) is 1. The van der Waals surface area contributed by atoms with E-state index in [0.717, 1.165) is 42.2 Å². The van der Waals surface area contributed by atoms with Gasteiger partial charge < -0.3 is 10.1 Å². The smallest absolute Gasteiger partial charge is 0.253 e. The molecular formula is C21H21N3O2. The molecule has 2 aromatic heterocycles. The van der Waals surface area contributed by atoms with Crippen LogP contribution in [0.3, 0.4) is 0 Å². The molecule has 1 aromatic carbocycles. The van der Waals surface area contributed by atoms with Crippen molar-refractivity contribution in [1.82, 2.24) is 15.3 Å². The van der Waals surface area contributed by atoms with E-state index >= 15 is 0 Å². The highest BCUT2D eigenvalue weighted by Gasteiger charge is 2.24. The summed E-state index contributed by atoms with van der Waals surface area (Å²) in [7, 11) is 0. The van der Waals surface area contributed by atoms with E-state index < -0.39 is 0 Å². The molecule has 5 nitrogen and oxygen atoms in total. The van der Waals surface area contributed by atoms with Gasteiger partial charge in [-0.1, -0.05) is 12.1 Å². The van der Waals surface area contributed by atoms with Crippen molar-refractivity contribution in [2.24, 2.45) is 0 Å². The van der Waals surface area contributed by atoms with Crippen LogP contribution in [0.4, 0.5) is 0 Å². The molecule has 4 rings (SSSR count). The van der Waals surface area contributed by atoms with Crippen LogP contribution in [0.25, 0.3) is 10.8 Å². The highest BCUT2D eigenvalue weighted by Crippen LogP contribution is 2.29. The Labute approximate surface area is 152 Å². The predicted octanol–water partition coefficient (Wildman–Crippen LogP) is 3.75. The molecule has 0 spiro atoms. The summed E-state index contributed by atoms with van der Waals surface area (Å²) in [4.78, 5) is 20.4. The van der Waals surface area contributed by atoms with Crippen LogP contribution in [0, 0.1) is 0 Å². The first-order chi connectivity index (χ1) is 12.8. The normalized spacial score (nSPS) is 19.8. The van der Waals surface area contributed by atoms with Crippen LogP contribution in [-0.4, -0.2) is 28.0 Å². The first-order valence-corrected chi connectivity index (χ1v) is 9.00. The van der Waals surface area contributed by atoms with Crippen LogP contribution in [0.1, 0.15) is 36.0 Å². The summed E-state index contributed by atoms with van der Waals surface area (Å²) < 4.78 is 6.26. The van der Waals surface area contributed by atoms with Crippen molar-refractivity contribution in [2.45, 2.75) is 37.8 Å². The molecule has 5 heteroatoms. The van der Waals surface area contributed by atoms with E-state index in [-0.39, 0.29) is 18.1 Å². The van der Waals surface area contributed by atoms with Gasteiger partial charge in [0.15, 0.2) is 0 Å². The quantitative estimate of drug-likeness (QED) is 0.781. The number of pyridine rings is 2. The maximum Gasteiger partial charge on any atom is 0.253 e. The van der Waals surface area contributed by atoms with Gasteiger partial charge in [-0.3, -0.25) is 14.8 Å². The van der Waals surface area contributed by atoms with E-state index in [1.807, 2.05) is 30.5 Å². The molecule has 2 heterocycles. The Balaban J connectivity index is 1.34. The minimum absolute atomic E-state index is 0.0518. The average Bonchev–Trinajstić information content (AvgIpc) is 2.70. The van der Waals surface area contributed by atoms with E-state index in [4.69, 9.17) is 4.74 Å². The maximum atomic E-state index is 12.2. The van der Waals surface area contributed by atoms with E-state index in [1.54, 1.807) is 30.7 Å². The number of nitrogens with one attached hydrogen (secondary N) is 1. The number of benzene rings is 1. The number of aromatic nitrogens is 2. The molecule has 1 aliphatic rings. The van der Waals surface area contributed by atoms with Crippen LogP contribution < -0.4 is 10.1 Å². The van der Waals surface area contributed by atoms with E-state index in [1.165, 1.54) is 0 Å². The Bertz CT molecular complexity index is 885. The number of fused-ring (bicyclic) bond motifs is 1. The summed E-state index contributed by atoms with van der Waals surface area (Å²) in [6.45, 7) is 0. The summed E-state index contributed by atoms with van der Waals surface area (Å²) in [6.07, 6.45) is 10.8. The lowest BCUT2D eigenvalue weighted by Gasteiger charge is -2.29. The van der Waals surface area contributed by atoms with E-state index in [0.29, 0.717) is 5.56 Å². The highest BCUT2D eigenvalue weighted by molar-refractivity contribution is 5.94. The van der Waals surface area contributed by atoms with Crippen LogP contribution in [0.2, 0.25) is 0 Å². The molecule has 1 saturated carbocycles. The zero-order chi connectivity index (χ0) is 17.8. The highest BCUT2D eigenvalue weighted by atomic mass is 16.5. The molecule has 0 aliphatic heterocycles. The molecular weight excluding hydrogens is 326 g/mol. The minimum Gasteiger partial charge on any atom is -0.490 e. The van der Waals surface area contributed by atoms with Crippen molar-refractivity contribution >= 4 is 16.7 Å². The summed E-state index contributed by atoms with van der Waals surface area (Å²) in [5.41, 5.74) is 0.607. The molecule has 26 heavy (non-hydrogen) atoms. The van der Waals surface area contributed by atoms with Crippen LogP contribution in [0.15, 0.2) is 61.2 Å². The fraction of sp³-hybridized carbons (Fsp3) is 0.286. The van der Waals surface area contributed by atoms with Crippen LogP contribution in [0.5, 0.6) is 5.75 Å². The maximum absolute atomic E-state index is 12.2. The number of carbonyl (C=O) groups is 1. The van der Waals surface area contributed by atoms with Gasteiger partial charge in [0, 0.05) is 41.6 Å². The molecule has 1 aliphatic carbocycles. The molecule has 1 N–H and O–H groups in total. The monoisotopic (exact) mass is 347 g/mol. The molecule has 132 valence electrons. The molecule has 1 amide bonds. The van der Waals surface area contributed by atoms with Gasteiger partial charge in [-0.15, -0.1) is 0 Å². The number of nitrogens with zero attached hydrogens (tertiary/aromatic N) is 2. The van der Waals surface area contributed by atoms with Crippen molar-refractivity contribution in [2.75, 3.05) is 0 Å². The lowest BCUT2D eigenvalue weighted by atomic mass is 9.92. The topological polar surface area (TPSA) is 64.1 Å². The van der Waals surface area contributed by atoms with Gasteiger partial charge in [0.05, 0.1) is 11.7 Å². The van der Waals surface area contributed by atoms with Gasteiger partial charge in [-0.2, -0.15) is 0 Å². The second-order valence-electron chi connectivity index (χ2n) is 6.66. The Hall–Kier alpha value is -2.95. The Kier molecular flexibility index (Phi) is 4.78. The third kappa shape index (κ3) is 3.67. The summed E-state index contributed by atoms with van der Waals surface area (Å²) >= 11 is 0. The average molecular weight is 347 g/mol. The van der Waals surface area contributed by atoms with E-state index in [9.17, 15) is 4.79 Å². The van der Waals surface area contributed by atoms with Crippen LogP contribution in [-0.2, 0) is 0 Å². The van der Waals surface area contributed by atoms with Gasteiger partial charge in [-0.05, 0) is 49.9 Å². The van der Waals surface area contributed by atoms with Gasteiger partial charge in [0.2, 0.25) is 0 Å². The predicted molar refractivity (Wildman–Crippen MR) is 100 cm³/mol. The zero-order valence-electron chi connectivity index (χ0n) is 14.5. The number of carbonyl (C=O) groups excluding carboxylic acids is 1. The Morgan fingerprint density at radius 1 is 0.962 bits per heavy atom. The number of rotatable bonds is 4. The summed E-state index contributed by atoms with van der Waals surface area (Å²) in [5.74, 6) is 0.858. The summed E-state index contributed by atoms with van der Waals surface area (Å²) in [5, 5.41) is 5.28. The second kappa shape index (κ2) is 7.52. The fourth-order valence-corrected chi connectivity index (χ4v) is 3.47. The first-order valence-electron chi connectivity index (χ1n) is 9.00. The largest absolute Gasteiger partial charge is 0.490 e. The number of ether oxygens (including phenoxy) is 1. The fourth-order valence-electron chi connectivity index (χ4n) is 3.47. The van der Waals surface area contributed by atoms with Crippen molar-refractivity contribution < 1.29 is 9.53 Å². The Morgan fingerprint density at radius 3 is 2.62 bits per heavy atom. The van der Waals surface area contributed by atoms with Gasteiger partial charge in [0.25, 0.3) is 5.91 Å². The molecule has 3 aromatic rings. The van der Waals surface area contributed by atoms with Crippen molar-refractivity contribution in [1.29, 1.82) is 0 Å². The molecule has 0 atom stereocenters. The van der Waals surface area contributed by atoms with Gasteiger partial charge in [-0.25, -0.2) is 0 Å². The molecule has 1 fully saturated rings. The molecule has 0 radical (unpaired) electrons. The summed E-state index contributed by atoms with van der Waals surface area (Å²) in [6, 6.07) is 11.8. The number of hydrogen-bond acceptors (Lipinski definition) is 4. The van der Waals surface area contributed by atoms with Gasteiger partial charge in [0.1, 0.15) is 5.75 Å². The molecule has 0 bridgehead atoms. The van der Waals surface area contributed by atoms with Crippen molar-refractivity contribution in [3.05, 3.63) is 66.7 Å². The lowest BCUT2D eigenvalue weighted by molar-refractivity contribution is 0.0894. The molecule has 0 unspecified atom stereocenters. The standard InChI is InChI=1S/C21H21N3O2/c25-21(16-4-2-11-22-14-16)24-17-6-8-18(9-7-17)26-20-5-1-3-15-13-23-12-10-19(15)20/h1-5,10-14,17-18H,6-9H2,(H,24,25). The van der Waals surface area contributed by atoms with Crippen LogP contribution >= 0.6 is 0 Å². The SMILES string of the molecule is O=C(NC1CCC(Oc2cccc3cnccc23)CC1)c1cccnc1. The third-order valence-electron chi connectivity index (χ3n) is 4.87. The lowest BCUT2D eigenvalue weighted by Crippen LogP contribution is -2.39. The van der Waals surface area contributed by atoms with Gasteiger partial charge >= 0.3 is 0 Å².